The van der Waals surface area contributed by atoms with Gasteiger partial charge in [-0.05, 0) is 24.0 Å². The normalized spacial score (nSPS) is 17.6. The summed E-state index contributed by atoms with van der Waals surface area (Å²) in [5.41, 5.74) is 3.76. The molecule has 3 aromatic rings. The average Bonchev–Trinajstić information content (AvgIpc) is 3.24. The number of nitro benzene ring substituents is 1. The van der Waals surface area contributed by atoms with Crippen molar-refractivity contribution in [3.63, 3.8) is 0 Å². The molecule has 1 aromatic heterocycles. The lowest BCUT2D eigenvalue weighted by Gasteiger charge is -2.30. The molecule has 8 nitrogen and oxygen atoms in total. The van der Waals surface area contributed by atoms with E-state index in [0.29, 0.717) is 23.3 Å². The van der Waals surface area contributed by atoms with Crippen LogP contribution in [0.1, 0.15) is 36.4 Å². The molecule has 0 spiro atoms. The van der Waals surface area contributed by atoms with Gasteiger partial charge in [0.05, 0.1) is 4.92 Å². The van der Waals surface area contributed by atoms with Crippen molar-refractivity contribution in [2.75, 3.05) is 5.32 Å². The van der Waals surface area contributed by atoms with Crippen molar-refractivity contribution < 1.29 is 9.72 Å². The minimum absolute atomic E-state index is 0.0675. The van der Waals surface area contributed by atoms with Gasteiger partial charge in [-0.15, -0.1) is 5.10 Å². The summed E-state index contributed by atoms with van der Waals surface area (Å²) in [6.45, 7) is 0. The first kappa shape index (κ1) is 21.1. The van der Waals surface area contributed by atoms with E-state index in [1.807, 2.05) is 42.5 Å². The Morgan fingerprint density at radius 2 is 1.94 bits per heavy atom. The fourth-order valence-electron chi connectivity index (χ4n) is 4.04. The molecule has 166 valence electrons. The quantitative estimate of drug-likeness (QED) is 0.308. The summed E-state index contributed by atoms with van der Waals surface area (Å²) in [6.07, 6.45) is 6.21. The summed E-state index contributed by atoms with van der Waals surface area (Å²) in [6, 6.07) is 16.1. The van der Waals surface area contributed by atoms with E-state index in [4.69, 9.17) is 5.10 Å². The van der Waals surface area contributed by atoms with Gasteiger partial charge in [0.15, 0.2) is 5.78 Å². The van der Waals surface area contributed by atoms with Crippen LogP contribution in [-0.4, -0.2) is 25.5 Å². The second-order valence-corrected chi connectivity index (χ2v) is 8.83. The predicted molar refractivity (Wildman–Crippen MR) is 127 cm³/mol. The molecule has 1 atom stereocenters. The molecule has 33 heavy (non-hydrogen) atoms. The molecule has 0 fully saturated rings. The number of anilines is 1. The van der Waals surface area contributed by atoms with Crippen molar-refractivity contribution in [2.45, 2.75) is 36.2 Å². The molecule has 0 amide bonds. The maximum absolute atomic E-state index is 12.8. The van der Waals surface area contributed by atoms with E-state index in [9.17, 15) is 14.9 Å². The highest BCUT2D eigenvalue weighted by Crippen LogP contribution is 2.38. The van der Waals surface area contributed by atoms with Crippen molar-refractivity contribution in [3.8, 4) is 0 Å². The number of aromatic nitrogens is 3. The molecule has 2 aliphatic rings. The number of hydrogen-bond donors (Lipinski definition) is 1. The Bertz CT molecular complexity index is 1270. The van der Waals surface area contributed by atoms with Crippen molar-refractivity contribution in [1.82, 2.24) is 14.8 Å². The van der Waals surface area contributed by atoms with E-state index >= 15 is 0 Å². The van der Waals surface area contributed by atoms with Crippen molar-refractivity contribution >= 4 is 35.3 Å². The molecular weight excluding hydrogens is 438 g/mol. The number of carbonyl (C=O) groups excluding carboxylic acids is 1. The lowest BCUT2D eigenvalue weighted by Crippen LogP contribution is -2.30. The van der Waals surface area contributed by atoms with Crippen LogP contribution in [0.3, 0.4) is 0 Å². The molecule has 1 unspecified atom stereocenters. The van der Waals surface area contributed by atoms with Gasteiger partial charge in [-0.1, -0.05) is 66.4 Å². The van der Waals surface area contributed by atoms with Crippen LogP contribution < -0.4 is 5.32 Å². The molecule has 2 heterocycles. The van der Waals surface area contributed by atoms with E-state index in [1.54, 1.807) is 16.8 Å². The Balaban J connectivity index is 1.40. The maximum Gasteiger partial charge on any atom is 0.269 e. The summed E-state index contributed by atoms with van der Waals surface area (Å²) in [5, 5.41) is 19.4. The third-order valence-electron chi connectivity index (χ3n) is 5.68. The van der Waals surface area contributed by atoms with Crippen LogP contribution in [0, 0.1) is 10.1 Å². The van der Waals surface area contributed by atoms with Crippen molar-refractivity contribution in [2.24, 2.45) is 0 Å². The molecule has 0 bridgehead atoms. The summed E-state index contributed by atoms with van der Waals surface area (Å²) < 4.78 is 1.78. The third kappa shape index (κ3) is 4.45. The van der Waals surface area contributed by atoms with Gasteiger partial charge in [0.1, 0.15) is 6.04 Å². The maximum atomic E-state index is 12.8. The van der Waals surface area contributed by atoms with E-state index in [-0.39, 0.29) is 17.5 Å². The number of allylic oxidation sites excluding steroid dienone is 3. The van der Waals surface area contributed by atoms with Crippen LogP contribution in [0.4, 0.5) is 11.6 Å². The molecular formula is C24H21N5O3S. The molecule has 0 saturated carbocycles. The Hall–Kier alpha value is -3.72. The van der Waals surface area contributed by atoms with Gasteiger partial charge < -0.3 is 5.32 Å². The summed E-state index contributed by atoms with van der Waals surface area (Å²) in [4.78, 5) is 27.9. The fraction of sp³-hybridized carbons (Fsp3) is 0.208. The zero-order valence-electron chi connectivity index (χ0n) is 17.7. The molecule has 2 aromatic carbocycles. The van der Waals surface area contributed by atoms with Gasteiger partial charge >= 0.3 is 0 Å². The van der Waals surface area contributed by atoms with Gasteiger partial charge in [-0.2, -0.15) is 4.98 Å². The number of thioether (sulfide) groups is 1. The SMILES string of the molecule is O=C1CCCC2=C1C(C=Cc1ccccc1)n1nc(SCc3ccc([N+](=O)[O-])cc3)nc1N2. The number of nitro groups is 1. The summed E-state index contributed by atoms with van der Waals surface area (Å²) in [7, 11) is 0. The minimum Gasteiger partial charge on any atom is -0.328 e. The van der Waals surface area contributed by atoms with Crippen molar-refractivity contribution in [3.05, 3.63) is 93.2 Å². The Kier molecular flexibility index (Phi) is 5.78. The lowest BCUT2D eigenvalue weighted by atomic mass is 9.88. The van der Waals surface area contributed by atoms with Crippen LogP contribution in [-0.2, 0) is 10.5 Å². The molecule has 5 rings (SSSR count). The number of ketones is 1. The highest BCUT2D eigenvalue weighted by Gasteiger charge is 2.34. The topological polar surface area (TPSA) is 103 Å². The molecule has 1 N–H and O–H groups in total. The van der Waals surface area contributed by atoms with Gasteiger partial charge in [0, 0.05) is 35.6 Å². The Labute approximate surface area is 194 Å². The number of nitrogens with one attached hydrogen (secondary N) is 1. The first-order chi connectivity index (χ1) is 16.1. The zero-order chi connectivity index (χ0) is 22.8. The van der Waals surface area contributed by atoms with Crippen LogP contribution in [0.25, 0.3) is 6.08 Å². The second-order valence-electron chi connectivity index (χ2n) is 7.88. The molecule has 1 aliphatic heterocycles. The highest BCUT2D eigenvalue weighted by molar-refractivity contribution is 7.98. The van der Waals surface area contributed by atoms with Gasteiger partial charge in [-0.25, -0.2) is 4.68 Å². The largest absolute Gasteiger partial charge is 0.328 e. The molecule has 0 radical (unpaired) electrons. The van der Waals surface area contributed by atoms with E-state index in [0.717, 1.165) is 35.2 Å². The number of Topliss-reactive ketones (excluding diaryl/α,β-unsaturated/α-hetero) is 1. The van der Waals surface area contributed by atoms with Crippen molar-refractivity contribution in [1.29, 1.82) is 0 Å². The third-order valence-corrected chi connectivity index (χ3v) is 6.58. The Morgan fingerprint density at radius 3 is 2.70 bits per heavy atom. The van der Waals surface area contributed by atoms with E-state index in [2.05, 4.69) is 10.3 Å². The van der Waals surface area contributed by atoms with Crippen LogP contribution in [0.5, 0.6) is 0 Å². The standard InChI is InChI=1S/C24H21N5O3S/c30-21-8-4-7-19-22(21)20(14-11-16-5-2-1-3-6-16)28-23(25-19)26-24(27-28)33-15-17-9-12-18(13-10-17)29(31)32/h1-3,5-6,9-14,20H,4,7-8,15H2,(H,25,26,27). The molecule has 9 heteroatoms. The second kappa shape index (κ2) is 9.03. The number of carbonyl (C=O) groups is 1. The fourth-order valence-corrected chi connectivity index (χ4v) is 4.83. The zero-order valence-corrected chi connectivity index (χ0v) is 18.5. The number of hydrogen-bond acceptors (Lipinski definition) is 7. The van der Waals surface area contributed by atoms with E-state index in [1.165, 1.54) is 23.9 Å². The van der Waals surface area contributed by atoms with Gasteiger partial charge in [-0.3, -0.25) is 14.9 Å². The first-order valence-electron chi connectivity index (χ1n) is 10.7. The molecule has 0 saturated heterocycles. The number of nitrogens with zero attached hydrogens (tertiary/aromatic N) is 4. The minimum atomic E-state index is -0.410. The average molecular weight is 460 g/mol. The lowest BCUT2D eigenvalue weighted by molar-refractivity contribution is -0.384. The number of fused-ring (bicyclic) bond motifs is 1. The smallest absolute Gasteiger partial charge is 0.269 e. The summed E-state index contributed by atoms with van der Waals surface area (Å²) in [5.74, 6) is 1.35. The van der Waals surface area contributed by atoms with Gasteiger partial charge in [0.25, 0.3) is 5.69 Å². The van der Waals surface area contributed by atoms with Gasteiger partial charge in [0.2, 0.25) is 11.1 Å². The highest BCUT2D eigenvalue weighted by atomic mass is 32.2. The van der Waals surface area contributed by atoms with Crippen LogP contribution in [0.15, 0.2) is 77.1 Å². The van der Waals surface area contributed by atoms with Crippen LogP contribution in [0.2, 0.25) is 0 Å². The number of benzene rings is 2. The first-order valence-corrected chi connectivity index (χ1v) is 11.7. The number of rotatable bonds is 6. The predicted octanol–water partition coefficient (Wildman–Crippen LogP) is 5.17. The Morgan fingerprint density at radius 1 is 1.15 bits per heavy atom. The number of non-ortho nitro benzene ring substituents is 1. The summed E-state index contributed by atoms with van der Waals surface area (Å²) >= 11 is 1.45. The van der Waals surface area contributed by atoms with Crippen LogP contribution >= 0.6 is 11.8 Å². The monoisotopic (exact) mass is 459 g/mol. The molecule has 1 aliphatic carbocycles. The van der Waals surface area contributed by atoms with E-state index < -0.39 is 4.92 Å².